The first-order valence-corrected chi connectivity index (χ1v) is 11.7. The van der Waals surface area contributed by atoms with Crippen LogP contribution in [0, 0.1) is 0 Å². The summed E-state index contributed by atoms with van der Waals surface area (Å²) in [6, 6.07) is 6.41. The number of amides is 1. The topological polar surface area (TPSA) is 96.3 Å². The number of carbonyl (C=O) groups is 2. The van der Waals surface area contributed by atoms with Crippen LogP contribution in [0.25, 0.3) is 5.76 Å². The van der Waals surface area contributed by atoms with E-state index in [1.54, 1.807) is 11.0 Å². The van der Waals surface area contributed by atoms with Crippen LogP contribution in [0.2, 0.25) is 10.0 Å². The Bertz CT molecular complexity index is 1170. The quantitative estimate of drug-likeness (QED) is 0.317. The van der Waals surface area contributed by atoms with E-state index in [2.05, 4.69) is 0 Å². The summed E-state index contributed by atoms with van der Waals surface area (Å²) in [4.78, 5) is 28.2. The Hall–Kier alpha value is -2.90. The molecule has 7 nitrogen and oxygen atoms in total. The molecule has 1 aliphatic heterocycles. The van der Waals surface area contributed by atoms with Gasteiger partial charge in [-0.2, -0.15) is 0 Å². The summed E-state index contributed by atoms with van der Waals surface area (Å²) in [5.74, 6) is -1.45. The molecule has 1 heterocycles. The molecule has 0 bridgehead atoms. The van der Waals surface area contributed by atoms with E-state index in [0.717, 1.165) is 32.1 Å². The van der Waals surface area contributed by atoms with Crippen LogP contribution in [0.4, 0.5) is 0 Å². The number of aliphatic hydroxyl groups is 1. The minimum Gasteiger partial charge on any atom is -0.507 e. The first kappa shape index (κ1) is 24.2. The lowest BCUT2D eigenvalue weighted by atomic mass is 9.91. The highest BCUT2D eigenvalue weighted by molar-refractivity contribution is 6.47. The summed E-state index contributed by atoms with van der Waals surface area (Å²) in [5.41, 5.74) is 0.578. The first-order chi connectivity index (χ1) is 16.3. The molecule has 0 aromatic heterocycles. The smallest absolute Gasteiger partial charge is 0.295 e. The van der Waals surface area contributed by atoms with Gasteiger partial charge in [-0.1, -0.05) is 48.5 Å². The summed E-state index contributed by atoms with van der Waals surface area (Å²) >= 11 is 12.5. The number of benzene rings is 2. The molecule has 2 aliphatic rings. The number of phenols is 1. The molecule has 1 amide bonds. The fraction of sp³-hybridized carbons (Fsp3) is 0.360. The Balaban J connectivity index is 1.94. The Morgan fingerprint density at radius 2 is 1.65 bits per heavy atom. The van der Waals surface area contributed by atoms with Gasteiger partial charge in [0, 0.05) is 12.1 Å². The third-order valence-corrected chi connectivity index (χ3v) is 7.06. The summed E-state index contributed by atoms with van der Waals surface area (Å²) < 4.78 is 10.6. The first-order valence-electron chi connectivity index (χ1n) is 11.0. The monoisotopic (exact) mass is 505 g/mol. The zero-order valence-electron chi connectivity index (χ0n) is 18.8. The van der Waals surface area contributed by atoms with Gasteiger partial charge < -0.3 is 24.6 Å². The van der Waals surface area contributed by atoms with Crippen molar-refractivity contribution in [2.45, 2.75) is 44.2 Å². The van der Waals surface area contributed by atoms with Gasteiger partial charge >= 0.3 is 0 Å². The zero-order valence-corrected chi connectivity index (χ0v) is 20.3. The van der Waals surface area contributed by atoms with Crippen molar-refractivity contribution in [2.75, 3.05) is 14.2 Å². The molecule has 2 aromatic carbocycles. The maximum Gasteiger partial charge on any atom is 0.295 e. The van der Waals surface area contributed by atoms with Crippen molar-refractivity contribution in [1.29, 1.82) is 0 Å². The van der Waals surface area contributed by atoms with E-state index in [0.29, 0.717) is 11.3 Å². The van der Waals surface area contributed by atoms with Gasteiger partial charge in [0.05, 0.1) is 41.4 Å². The molecule has 2 aromatic rings. The molecule has 34 heavy (non-hydrogen) atoms. The van der Waals surface area contributed by atoms with E-state index in [1.807, 2.05) is 0 Å². The van der Waals surface area contributed by atoms with E-state index >= 15 is 0 Å². The fourth-order valence-corrected chi connectivity index (χ4v) is 5.23. The second-order valence-electron chi connectivity index (χ2n) is 8.40. The van der Waals surface area contributed by atoms with Crippen LogP contribution < -0.4 is 9.47 Å². The SMILES string of the molecule is COc1cc(OC)c(/C(O)=C2\C(=O)C(=O)N(C3CCCCC3)C2c2ccc(O)c(Cl)c2)cc1Cl. The predicted octanol–water partition coefficient (Wildman–Crippen LogP) is 5.47. The standard InChI is InChI=1S/C25H25Cl2NO6/c1-33-19-12-20(34-2)17(27)11-15(19)23(30)21-22(13-8-9-18(29)16(26)10-13)28(25(32)24(21)31)14-6-4-3-5-7-14/h8-12,14,22,29-30H,3-7H2,1-2H3/b23-21+. The summed E-state index contributed by atoms with van der Waals surface area (Å²) in [7, 11) is 2.86. The molecule has 2 N–H and O–H groups in total. The number of rotatable bonds is 5. The molecular formula is C25H25Cl2NO6. The van der Waals surface area contributed by atoms with Crippen molar-refractivity contribution < 1.29 is 29.3 Å². The normalized spacial score (nSPS) is 20.6. The summed E-state index contributed by atoms with van der Waals surface area (Å²) in [6.07, 6.45) is 4.47. The van der Waals surface area contributed by atoms with Gasteiger partial charge in [0.2, 0.25) is 0 Å². The number of phenolic OH excluding ortho intramolecular Hbond substituents is 1. The highest BCUT2D eigenvalue weighted by Crippen LogP contribution is 2.46. The van der Waals surface area contributed by atoms with Gasteiger partial charge in [-0.25, -0.2) is 0 Å². The number of aliphatic hydroxyl groups excluding tert-OH is 1. The molecule has 4 rings (SSSR count). The average molecular weight is 506 g/mol. The molecule has 1 unspecified atom stereocenters. The zero-order chi connectivity index (χ0) is 24.6. The Labute approximate surface area is 207 Å². The molecule has 180 valence electrons. The second-order valence-corrected chi connectivity index (χ2v) is 9.21. The average Bonchev–Trinajstić information content (AvgIpc) is 3.11. The molecule has 0 spiro atoms. The number of hydrogen-bond donors (Lipinski definition) is 2. The van der Waals surface area contributed by atoms with Crippen LogP contribution in [0.15, 0.2) is 35.9 Å². The third kappa shape index (κ3) is 4.18. The molecule has 9 heteroatoms. The highest BCUT2D eigenvalue weighted by Gasteiger charge is 2.49. The molecule has 1 aliphatic carbocycles. The van der Waals surface area contributed by atoms with Crippen LogP contribution in [0.5, 0.6) is 17.2 Å². The number of methoxy groups -OCH3 is 2. The lowest BCUT2D eigenvalue weighted by molar-refractivity contribution is -0.141. The Morgan fingerprint density at radius 3 is 2.26 bits per heavy atom. The van der Waals surface area contributed by atoms with Crippen LogP contribution in [-0.4, -0.2) is 47.1 Å². The number of Topliss-reactive ketones (excluding diaryl/α,β-unsaturated/α-hetero) is 1. The van der Waals surface area contributed by atoms with Crippen molar-refractivity contribution in [3.63, 3.8) is 0 Å². The molecule has 1 atom stereocenters. The Morgan fingerprint density at radius 1 is 0.971 bits per heavy atom. The molecule has 1 saturated heterocycles. The van der Waals surface area contributed by atoms with Gasteiger partial charge in [-0.05, 0) is 36.6 Å². The lowest BCUT2D eigenvalue weighted by Crippen LogP contribution is -2.40. The predicted molar refractivity (Wildman–Crippen MR) is 129 cm³/mol. The Kier molecular flexibility index (Phi) is 6.96. The number of aromatic hydroxyl groups is 1. The lowest BCUT2D eigenvalue weighted by Gasteiger charge is -2.35. The van der Waals surface area contributed by atoms with Crippen molar-refractivity contribution in [2.24, 2.45) is 0 Å². The van der Waals surface area contributed by atoms with Gasteiger partial charge in [0.1, 0.15) is 23.0 Å². The number of likely N-dealkylation sites (tertiary alicyclic amines) is 1. The molecule has 0 radical (unpaired) electrons. The van der Waals surface area contributed by atoms with Gasteiger partial charge in [-0.15, -0.1) is 0 Å². The van der Waals surface area contributed by atoms with Crippen molar-refractivity contribution >= 4 is 40.7 Å². The second kappa shape index (κ2) is 9.76. The fourth-order valence-electron chi connectivity index (χ4n) is 4.80. The third-order valence-electron chi connectivity index (χ3n) is 6.46. The van der Waals surface area contributed by atoms with Crippen LogP contribution in [0.3, 0.4) is 0 Å². The van der Waals surface area contributed by atoms with Gasteiger partial charge in [-0.3, -0.25) is 9.59 Å². The number of nitrogens with zero attached hydrogens (tertiary/aromatic N) is 1. The number of carbonyl (C=O) groups excluding carboxylic acids is 2. The van der Waals surface area contributed by atoms with Gasteiger partial charge in [0.15, 0.2) is 0 Å². The summed E-state index contributed by atoms with van der Waals surface area (Å²) in [6.45, 7) is 0. The largest absolute Gasteiger partial charge is 0.507 e. The van der Waals surface area contributed by atoms with Crippen LogP contribution in [-0.2, 0) is 9.59 Å². The van der Waals surface area contributed by atoms with E-state index in [-0.39, 0.29) is 38.7 Å². The van der Waals surface area contributed by atoms with Crippen LogP contribution >= 0.6 is 23.2 Å². The van der Waals surface area contributed by atoms with E-state index < -0.39 is 23.5 Å². The minimum absolute atomic E-state index is 0.0804. The van der Waals surface area contributed by atoms with Crippen molar-refractivity contribution in [3.8, 4) is 17.2 Å². The van der Waals surface area contributed by atoms with E-state index in [4.69, 9.17) is 32.7 Å². The van der Waals surface area contributed by atoms with Crippen molar-refractivity contribution in [3.05, 3.63) is 57.1 Å². The maximum atomic E-state index is 13.3. The number of hydrogen-bond acceptors (Lipinski definition) is 6. The molecule has 1 saturated carbocycles. The summed E-state index contributed by atoms with van der Waals surface area (Å²) in [5, 5.41) is 21.6. The van der Waals surface area contributed by atoms with Gasteiger partial charge in [0.25, 0.3) is 11.7 Å². The van der Waals surface area contributed by atoms with Crippen molar-refractivity contribution in [1.82, 2.24) is 4.90 Å². The van der Waals surface area contributed by atoms with E-state index in [1.165, 1.54) is 38.5 Å². The van der Waals surface area contributed by atoms with Crippen LogP contribution in [0.1, 0.15) is 49.3 Å². The number of ketones is 1. The molecular weight excluding hydrogens is 481 g/mol. The van der Waals surface area contributed by atoms with E-state index in [9.17, 15) is 19.8 Å². The molecule has 2 fully saturated rings. The highest BCUT2D eigenvalue weighted by atomic mass is 35.5. The maximum absolute atomic E-state index is 13.3. The number of halogens is 2. The minimum atomic E-state index is -0.883. The number of ether oxygens (including phenoxy) is 2.